The van der Waals surface area contributed by atoms with E-state index in [1.54, 1.807) is 84.9 Å². The van der Waals surface area contributed by atoms with E-state index in [0.717, 1.165) is 52.7 Å². The van der Waals surface area contributed by atoms with Crippen LogP contribution in [0.15, 0.2) is 309 Å². The van der Waals surface area contributed by atoms with Crippen LogP contribution in [-0.4, -0.2) is 177 Å². The van der Waals surface area contributed by atoms with E-state index in [4.69, 9.17) is 40.2 Å². The maximum absolute atomic E-state index is 13.4. The third kappa shape index (κ3) is 32.4. The normalized spacial score (nSPS) is 15.7. The molecule has 27 nitrogen and oxygen atoms in total. The summed E-state index contributed by atoms with van der Waals surface area (Å²) in [6.45, 7) is 23.7. The van der Waals surface area contributed by atoms with Gasteiger partial charge in [-0.3, -0.25) is 38.7 Å². The molecule has 9 atom stereocenters. The third-order valence-corrected chi connectivity index (χ3v) is 26.0. The first-order chi connectivity index (χ1) is 66.4. The van der Waals surface area contributed by atoms with E-state index in [1.165, 1.54) is 105 Å². The molecule has 17 N–H and O–H groups in total. The van der Waals surface area contributed by atoms with Gasteiger partial charge in [-0.1, -0.05) is 224 Å². The summed E-state index contributed by atoms with van der Waals surface area (Å²) < 4.78 is 29.7. The molecule has 139 heavy (non-hydrogen) atoms. The highest BCUT2D eigenvalue weighted by molar-refractivity contribution is 7.89. The van der Waals surface area contributed by atoms with Crippen molar-refractivity contribution in [2.24, 2.45) is 17.8 Å². The first-order valence-electron chi connectivity index (χ1n) is 46.6. The number of amides is 6. The molecule has 3 saturated heterocycles. The minimum Gasteiger partial charge on any atom is -0.423 e. The second kappa shape index (κ2) is 52.8. The van der Waals surface area contributed by atoms with Crippen LogP contribution in [-0.2, 0) is 10.0 Å². The Balaban J connectivity index is 0.000000178. The van der Waals surface area contributed by atoms with Gasteiger partial charge >= 0.3 is 35.6 Å². The maximum atomic E-state index is 13.4. The van der Waals surface area contributed by atoms with Crippen LogP contribution in [0.2, 0.25) is 0 Å². The predicted octanol–water partition coefficient (Wildman–Crippen LogP) is 9.02. The largest absolute Gasteiger partial charge is 0.488 e. The van der Waals surface area contributed by atoms with Crippen molar-refractivity contribution >= 4 is 119 Å². The van der Waals surface area contributed by atoms with Crippen molar-refractivity contribution in [3.05, 3.63) is 376 Å². The van der Waals surface area contributed by atoms with Crippen LogP contribution in [0.1, 0.15) is 212 Å². The van der Waals surface area contributed by atoms with Crippen LogP contribution >= 0.6 is 0 Å². The fourth-order valence-electron chi connectivity index (χ4n) is 16.6. The molecule has 1 aliphatic carbocycles. The zero-order valence-corrected chi connectivity index (χ0v) is 80.5. The molecule has 33 heteroatoms. The molecule has 4 fully saturated rings. The highest BCUT2D eigenvalue weighted by atomic mass is 32.2. The summed E-state index contributed by atoms with van der Waals surface area (Å²) >= 11 is 0. The second-order valence-corrected chi connectivity index (χ2v) is 37.4. The smallest absolute Gasteiger partial charge is 0.423 e. The van der Waals surface area contributed by atoms with Gasteiger partial charge in [-0.2, -0.15) is 0 Å². The Hall–Kier alpha value is -12.8. The van der Waals surface area contributed by atoms with E-state index in [9.17, 15) is 47.2 Å². The quantitative estimate of drug-likeness (QED) is 0.0160. The zero-order valence-electron chi connectivity index (χ0n) is 79.6. The molecule has 4 heterocycles. The Kier molecular flexibility index (Phi) is 41.1. The van der Waals surface area contributed by atoms with Gasteiger partial charge in [0.05, 0.1) is 34.6 Å². The molecule has 6 amide bonds. The fourth-order valence-corrected chi connectivity index (χ4v) is 17.9. The first kappa shape index (κ1) is 108. The average molecular weight is 1900 g/mol. The number of hydrogen-bond acceptors (Lipinski definition) is 20. The van der Waals surface area contributed by atoms with Crippen molar-refractivity contribution in [3.63, 3.8) is 0 Å². The summed E-state index contributed by atoms with van der Waals surface area (Å²) in [5, 5.41) is 109. The number of aromatic nitrogens is 1. The number of nitrogens with zero attached hydrogens (tertiary/aromatic N) is 2. The standard InChI is InChI=1S/C28H27BN2O5S.C28H31N3O.C15H22BNO3.C15H16BNO3.2C10H14BNO3/c1-20-12-18-25(19-13-20)37(35,36)31-27(22-10-6-3-7-11-22)26(21-8-4-2-5-9-21)30-28(32)23-14-16-24(17-15-23)29(33)34;1-4-20-17-31-14-12-22(20)16-26(31)27(30-28(32)21-8-5-18(2)6-9-21)23-11-13-29-25-10-7-19(3)15-24(23)25;2*1-11(12-5-3-2-4-6-12)17-15(18)13-7-9-14(10-8-13)16(19)20;2*1-7(2)12-10(13)8-3-5-9(6-4-8)11(14)15/h2-19,26-27,31,33-34H,1H3,(H,30,32);4-11,13,15,20,22,26-27H,1,12,14,16-17H2,2-3H3,(H,30,32);7-12,19-20H,2-6H2,1H3,(H,17,18);2-11,19-20H,1H3,(H,17,18);2*3-7,14-15H,1-2H3,(H,12,13)/t26-,27-;20-,22-,26+,27+;2*11-;;/m1011../s1. The summed E-state index contributed by atoms with van der Waals surface area (Å²) in [6, 6.07) is 80.3. The molecule has 1 saturated carbocycles. The number of rotatable bonds is 28. The predicted molar refractivity (Wildman–Crippen MR) is 549 cm³/mol. The summed E-state index contributed by atoms with van der Waals surface area (Å²) in [5.41, 5.74) is 12.6. The highest BCUT2D eigenvalue weighted by Gasteiger charge is 2.44. The lowest BCUT2D eigenvalue weighted by Crippen LogP contribution is -2.57. The van der Waals surface area contributed by atoms with E-state index < -0.39 is 63.6 Å². The molecule has 16 rings (SSSR count). The van der Waals surface area contributed by atoms with Crippen molar-refractivity contribution in [2.75, 3.05) is 13.1 Å². The Morgan fingerprint density at radius 2 is 0.763 bits per heavy atom. The third-order valence-electron chi connectivity index (χ3n) is 24.5. The van der Waals surface area contributed by atoms with Gasteiger partial charge < -0.3 is 82.1 Å². The van der Waals surface area contributed by atoms with E-state index in [2.05, 4.69) is 97.3 Å². The average Bonchev–Trinajstić information content (AvgIpc) is 0.759. The van der Waals surface area contributed by atoms with Crippen molar-refractivity contribution in [3.8, 4) is 0 Å². The van der Waals surface area contributed by atoms with Crippen LogP contribution in [0.3, 0.4) is 0 Å². The Labute approximate surface area is 815 Å². The van der Waals surface area contributed by atoms with Crippen molar-refractivity contribution in [1.82, 2.24) is 46.5 Å². The topological polar surface area (TPSA) is 439 Å². The monoisotopic (exact) mass is 1900 g/mol. The van der Waals surface area contributed by atoms with Gasteiger partial charge in [0.2, 0.25) is 10.0 Å². The number of aryl methyl sites for hydroxylation is 3. The van der Waals surface area contributed by atoms with Crippen LogP contribution in [0.4, 0.5) is 0 Å². The molecular formula is C106H124B5N9O18S. The number of nitrogens with one attached hydrogen (secondary N) is 7. The van der Waals surface area contributed by atoms with Crippen LogP contribution in [0, 0.1) is 38.5 Å². The number of pyridine rings is 1. The Morgan fingerprint density at radius 1 is 0.403 bits per heavy atom. The minimum atomic E-state index is -3.95. The summed E-state index contributed by atoms with van der Waals surface area (Å²) in [6.07, 6.45) is 12.5. The van der Waals surface area contributed by atoms with Crippen LogP contribution in [0.5, 0.6) is 0 Å². The molecule has 11 aromatic carbocycles. The Bertz CT molecular complexity index is 6000. The lowest BCUT2D eigenvalue weighted by molar-refractivity contribution is 0.00170. The van der Waals surface area contributed by atoms with Crippen LogP contribution < -0.4 is 63.9 Å². The number of carbonyl (C=O) groups is 6. The molecular weight excluding hydrogens is 1770 g/mol. The number of hydrogen-bond donors (Lipinski definition) is 17. The molecule has 4 aliphatic rings. The zero-order chi connectivity index (χ0) is 101. The van der Waals surface area contributed by atoms with E-state index in [-0.39, 0.29) is 76.1 Å². The molecule has 0 spiro atoms. The lowest BCUT2D eigenvalue weighted by Gasteiger charge is -2.51. The summed E-state index contributed by atoms with van der Waals surface area (Å²) in [4.78, 5) is 81.1. The molecule has 2 bridgehead atoms. The van der Waals surface area contributed by atoms with Crippen molar-refractivity contribution in [1.29, 1.82) is 0 Å². The van der Waals surface area contributed by atoms with E-state index in [0.29, 0.717) is 84.1 Å². The van der Waals surface area contributed by atoms with Gasteiger partial charge in [-0.25, -0.2) is 13.1 Å². The SMILES string of the molecule is C=C[C@H]1CN2CC[C@H]1C[C@@H]2[C@H](NC(=O)c1ccc(C)cc1)c1ccnc2ccc(C)cc12.CC(C)NC(=O)c1ccc(B(O)O)cc1.CC(C)NC(=O)c1ccc(B(O)O)cc1.C[C@@H](NC(=O)c1ccc(B(O)O)cc1)C1CCCCC1.C[C@@H](NC(=O)c1ccc(B(O)O)cc1)c1ccccc1.Cc1ccc(S(=O)(=O)N[C@H](c2ccccc2)[C@H](NC(=O)c2ccc(B(O)O)cc2)c2ccccc2)cc1. The second-order valence-electron chi connectivity index (χ2n) is 35.7. The maximum Gasteiger partial charge on any atom is 0.488 e. The fraction of sp³-hybridized carbons (Fsp3) is 0.274. The number of fused-ring (bicyclic) bond motifs is 4. The van der Waals surface area contributed by atoms with Crippen molar-refractivity contribution < 1.29 is 87.4 Å². The molecule has 722 valence electrons. The number of sulfonamides is 1. The number of piperidine rings is 3. The molecule has 1 unspecified atom stereocenters. The lowest BCUT2D eigenvalue weighted by atomic mass is 9.73. The van der Waals surface area contributed by atoms with Gasteiger partial charge in [0.1, 0.15) is 0 Å². The van der Waals surface area contributed by atoms with Gasteiger partial charge in [-0.05, 0) is 265 Å². The highest BCUT2D eigenvalue weighted by Crippen LogP contribution is 2.43. The summed E-state index contributed by atoms with van der Waals surface area (Å²) in [7, 11) is -11.6. The first-order valence-corrected chi connectivity index (χ1v) is 48.1. The number of benzene rings is 11. The molecule has 1 aromatic heterocycles. The van der Waals surface area contributed by atoms with E-state index in [1.807, 2.05) is 170 Å². The van der Waals surface area contributed by atoms with E-state index >= 15 is 0 Å². The van der Waals surface area contributed by atoms with Crippen molar-refractivity contribution in [2.45, 2.75) is 160 Å². The minimum absolute atomic E-state index is 0.0180. The van der Waals surface area contributed by atoms with Gasteiger partial charge in [0, 0.05) is 75.7 Å². The van der Waals surface area contributed by atoms with Gasteiger partial charge in [-0.15, -0.1) is 6.58 Å². The molecule has 12 aromatic rings. The summed E-state index contributed by atoms with van der Waals surface area (Å²) in [5.74, 6) is 0.682. The number of carbonyl (C=O) groups excluding carboxylic acids is 6. The molecule has 0 radical (unpaired) electrons. The Morgan fingerprint density at radius 3 is 1.15 bits per heavy atom. The molecule has 3 aliphatic heterocycles. The van der Waals surface area contributed by atoms with Gasteiger partial charge in [0.25, 0.3) is 35.4 Å². The van der Waals surface area contributed by atoms with Gasteiger partial charge in [0.15, 0.2) is 0 Å². The van der Waals surface area contributed by atoms with Crippen LogP contribution in [0.25, 0.3) is 10.9 Å².